The van der Waals surface area contributed by atoms with Gasteiger partial charge in [-0.25, -0.2) is 18.4 Å². The number of rotatable bonds is 4. The van der Waals surface area contributed by atoms with E-state index >= 15 is 0 Å². The van der Waals surface area contributed by atoms with E-state index in [4.69, 9.17) is 11.6 Å². The van der Waals surface area contributed by atoms with Gasteiger partial charge in [0.05, 0.1) is 15.1 Å². The Labute approximate surface area is 129 Å². The number of aromatic nitrogens is 2. The molecule has 0 fully saturated rings. The zero-order valence-electron chi connectivity index (χ0n) is 10.4. The molecular formula is C12H9ClN4O2S2. The highest BCUT2D eigenvalue weighted by Gasteiger charge is 2.14. The lowest BCUT2D eigenvalue weighted by atomic mass is 10.4. The number of fused-ring (bicyclic) bond motifs is 1. The Morgan fingerprint density at radius 2 is 1.86 bits per heavy atom. The van der Waals surface area contributed by atoms with Crippen LogP contribution in [-0.2, 0) is 10.0 Å². The fourth-order valence-electron chi connectivity index (χ4n) is 1.67. The van der Waals surface area contributed by atoms with Crippen LogP contribution in [0.25, 0.3) is 10.2 Å². The predicted octanol–water partition coefficient (Wildman–Crippen LogP) is 2.65. The summed E-state index contributed by atoms with van der Waals surface area (Å²) in [5.41, 5.74) is 3.37. The average Bonchev–Trinajstić information content (AvgIpc) is 2.94. The van der Waals surface area contributed by atoms with Crippen molar-refractivity contribution in [2.24, 2.45) is 0 Å². The molecule has 0 unspecified atom stereocenters. The molecule has 2 heterocycles. The van der Waals surface area contributed by atoms with Gasteiger partial charge in [0.1, 0.15) is 6.33 Å². The zero-order chi connectivity index (χ0) is 14.9. The van der Waals surface area contributed by atoms with E-state index in [-0.39, 0.29) is 4.90 Å². The molecule has 0 saturated heterocycles. The van der Waals surface area contributed by atoms with E-state index in [0.717, 1.165) is 10.2 Å². The molecule has 0 radical (unpaired) electrons. The van der Waals surface area contributed by atoms with Gasteiger partial charge in [-0.3, -0.25) is 5.43 Å². The maximum atomic E-state index is 12.1. The van der Waals surface area contributed by atoms with Crippen LogP contribution in [0.1, 0.15) is 0 Å². The number of thiophene rings is 1. The summed E-state index contributed by atoms with van der Waals surface area (Å²) in [5.74, 6) is 0.410. The molecule has 3 rings (SSSR count). The summed E-state index contributed by atoms with van der Waals surface area (Å²) in [6.45, 7) is 0. The number of hydrogen-bond donors (Lipinski definition) is 2. The molecule has 108 valence electrons. The molecule has 2 aromatic heterocycles. The average molecular weight is 341 g/mol. The van der Waals surface area contributed by atoms with Gasteiger partial charge in [0.25, 0.3) is 10.0 Å². The number of anilines is 1. The SMILES string of the molecule is O=S(=O)(NNc1ncnc2ccsc12)c1ccc(Cl)cc1. The zero-order valence-corrected chi connectivity index (χ0v) is 12.8. The van der Waals surface area contributed by atoms with E-state index in [1.54, 1.807) is 0 Å². The molecule has 6 nitrogen and oxygen atoms in total. The lowest BCUT2D eigenvalue weighted by molar-refractivity contribution is 0.587. The quantitative estimate of drug-likeness (QED) is 0.713. The van der Waals surface area contributed by atoms with Crippen molar-refractivity contribution >= 4 is 49.0 Å². The maximum Gasteiger partial charge on any atom is 0.257 e. The second-order valence-corrected chi connectivity index (χ2v) is 7.08. The van der Waals surface area contributed by atoms with Crippen LogP contribution in [0.15, 0.2) is 46.9 Å². The minimum atomic E-state index is -3.70. The summed E-state index contributed by atoms with van der Waals surface area (Å²) in [7, 11) is -3.70. The number of halogens is 1. The molecule has 3 aromatic rings. The van der Waals surface area contributed by atoms with Gasteiger partial charge in [0.15, 0.2) is 5.82 Å². The van der Waals surface area contributed by atoms with Crippen molar-refractivity contribution in [3.8, 4) is 0 Å². The molecule has 0 bridgehead atoms. The number of sulfonamides is 1. The van der Waals surface area contributed by atoms with Crippen LogP contribution >= 0.6 is 22.9 Å². The summed E-state index contributed by atoms with van der Waals surface area (Å²) >= 11 is 7.16. The monoisotopic (exact) mass is 340 g/mol. The minimum Gasteiger partial charge on any atom is -0.291 e. The number of benzene rings is 1. The first kappa shape index (κ1) is 14.2. The van der Waals surface area contributed by atoms with Crippen molar-refractivity contribution in [2.45, 2.75) is 4.90 Å². The van der Waals surface area contributed by atoms with Crippen LogP contribution in [0, 0.1) is 0 Å². The number of nitrogens with one attached hydrogen (secondary N) is 2. The number of nitrogens with zero attached hydrogens (tertiary/aromatic N) is 2. The van der Waals surface area contributed by atoms with Crippen LogP contribution in [0.3, 0.4) is 0 Å². The fourth-order valence-corrected chi connectivity index (χ4v) is 3.43. The molecule has 9 heteroatoms. The highest BCUT2D eigenvalue weighted by Crippen LogP contribution is 2.24. The largest absolute Gasteiger partial charge is 0.291 e. The summed E-state index contributed by atoms with van der Waals surface area (Å²) in [6.07, 6.45) is 1.37. The molecule has 0 saturated carbocycles. The molecule has 0 atom stereocenters. The van der Waals surface area contributed by atoms with Crippen molar-refractivity contribution < 1.29 is 8.42 Å². The Hall–Kier alpha value is -1.74. The number of hydrazine groups is 1. The van der Waals surface area contributed by atoms with E-state index in [0.29, 0.717) is 10.8 Å². The van der Waals surface area contributed by atoms with Crippen molar-refractivity contribution in [2.75, 3.05) is 5.43 Å². The Bertz CT molecular complexity index is 878. The topological polar surface area (TPSA) is 84.0 Å². The van der Waals surface area contributed by atoms with E-state index in [2.05, 4.69) is 20.2 Å². The first-order valence-corrected chi connectivity index (χ1v) is 8.52. The van der Waals surface area contributed by atoms with E-state index in [1.807, 2.05) is 11.4 Å². The predicted molar refractivity (Wildman–Crippen MR) is 82.8 cm³/mol. The number of hydrogen-bond acceptors (Lipinski definition) is 6. The van der Waals surface area contributed by atoms with Crippen LogP contribution in [0.4, 0.5) is 5.82 Å². The molecule has 0 amide bonds. The molecule has 21 heavy (non-hydrogen) atoms. The van der Waals surface area contributed by atoms with Gasteiger partial charge in [-0.1, -0.05) is 11.6 Å². The third-order valence-corrected chi connectivity index (χ3v) is 5.10. The van der Waals surface area contributed by atoms with Crippen molar-refractivity contribution in [3.05, 3.63) is 47.1 Å². The first-order valence-electron chi connectivity index (χ1n) is 5.78. The molecule has 1 aromatic carbocycles. The summed E-state index contributed by atoms with van der Waals surface area (Å²) in [6, 6.07) is 7.71. The Balaban J connectivity index is 1.83. The first-order chi connectivity index (χ1) is 10.1. The lowest BCUT2D eigenvalue weighted by Crippen LogP contribution is -2.30. The van der Waals surface area contributed by atoms with E-state index < -0.39 is 10.0 Å². The van der Waals surface area contributed by atoms with Crippen LogP contribution < -0.4 is 10.3 Å². The van der Waals surface area contributed by atoms with Gasteiger partial charge in [0.2, 0.25) is 0 Å². The molecule has 0 spiro atoms. The van der Waals surface area contributed by atoms with Gasteiger partial charge < -0.3 is 0 Å². The second-order valence-electron chi connectivity index (χ2n) is 4.04. The minimum absolute atomic E-state index is 0.107. The fraction of sp³-hybridized carbons (Fsp3) is 0. The third kappa shape index (κ3) is 2.98. The van der Waals surface area contributed by atoms with Gasteiger partial charge in [-0.05, 0) is 35.7 Å². The van der Waals surface area contributed by atoms with Gasteiger partial charge in [-0.2, -0.15) is 0 Å². The van der Waals surface area contributed by atoms with Gasteiger partial charge in [0, 0.05) is 5.02 Å². The smallest absolute Gasteiger partial charge is 0.257 e. The van der Waals surface area contributed by atoms with Crippen molar-refractivity contribution in [1.29, 1.82) is 0 Å². The van der Waals surface area contributed by atoms with E-state index in [1.165, 1.54) is 41.9 Å². The van der Waals surface area contributed by atoms with Crippen LogP contribution in [-0.4, -0.2) is 18.4 Å². The van der Waals surface area contributed by atoms with Crippen LogP contribution in [0.2, 0.25) is 5.02 Å². The summed E-state index contributed by atoms with van der Waals surface area (Å²) in [4.78, 5) is 10.5. The highest BCUT2D eigenvalue weighted by molar-refractivity contribution is 7.89. The summed E-state index contributed by atoms with van der Waals surface area (Å²) < 4.78 is 25.0. The molecule has 0 aliphatic rings. The van der Waals surface area contributed by atoms with Crippen molar-refractivity contribution in [1.82, 2.24) is 14.8 Å². The van der Waals surface area contributed by atoms with Gasteiger partial charge >= 0.3 is 0 Å². The molecular weight excluding hydrogens is 332 g/mol. The molecule has 0 aliphatic carbocycles. The Morgan fingerprint density at radius 3 is 2.62 bits per heavy atom. The van der Waals surface area contributed by atoms with Crippen molar-refractivity contribution in [3.63, 3.8) is 0 Å². The normalized spacial score (nSPS) is 11.7. The molecule has 0 aliphatic heterocycles. The third-order valence-electron chi connectivity index (χ3n) is 2.67. The second kappa shape index (κ2) is 5.57. The van der Waals surface area contributed by atoms with E-state index in [9.17, 15) is 8.42 Å². The van der Waals surface area contributed by atoms with Crippen LogP contribution in [0.5, 0.6) is 0 Å². The summed E-state index contributed by atoms with van der Waals surface area (Å²) in [5, 5.41) is 2.33. The Kier molecular flexibility index (Phi) is 3.77. The maximum absolute atomic E-state index is 12.1. The lowest BCUT2D eigenvalue weighted by Gasteiger charge is -2.09. The Morgan fingerprint density at radius 1 is 1.10 bits per heavy atom. The molecule has 2 N–H and O–H groups in total. The van der Waals surface area contributed by atoms with Gasteiger partial charge in [-0.15, -0.1) is 16.2 Å². The standard InChI is InChI=1S/C12H9ClN4O2S2/c13-8-1-3-9(4-2-8)21(18,19)17-16-12-11-10(5-6-20-11)14-7-15-12/h1-7,17H,(H,14,15,16). The highest BCUT2D eigenvalue weighted by atomic mass is 35.5.